The molecule has 0 aromatic heterocycles. The van der Waals surface area contributed by atoms with Crippen LogP contribution in [0.2, 0.25) is 0 Å². The van der Waals surface area contributed by atoms with E-state index in [2.05, 4.69) is 27.2 Å². The van der Waals surface area contributed by atoms with Gasteiger partial charge in [0.1, 0.15) is 0 Å². The van der Waals surface area contributed by atoms with Crippen molar-refractivity contribution in [2.45, 2.75) is 97.8 Å². The summed E-state index contributed by atoms with van der Waals surface area (Å²) in [5.74, 6) is 0.887. The molecule has 1 radical (unpaired) electrons. The number of rotatable bonds is 13. The quantitative estimate of drug-likeness (QED) is 0.320. The van der Waals surface area contributed by atoms with Gasteiger partial charge in [-0.3, -0.25) is 0 Å². The second-order valence-electron chi connectivity index (χ2n) is 5.88. The fraction of sp³-hybridized carbons (Fsp3) is 0.941. The highest BCUT2D eigenvalue weighted by Gasteiger charge is 1.95. The van der Waals surface area contributed by atoms with Crippen molar-refractivity contribution in [2.24, 2.45) is 5.92 Å². The van der Waals surface area contributed by atoms with Crippen LogP contribution in [0.1, 0.15) is 97.8 Å². The standard InChI is InChI=1S/C17H35/c1-4-5-6-7-8-9-10-11-12-13-14-15-16-17(2)3/h12,17H,4-11,13-16H2,1-3H3. The predicted molar refractivity (Wildman–Crippen MR) is 80.2 cm³/mol. The van der Waals surface area contributed by atoms with Gasteiger partial charge in [0.15, 0.2) is 0 Å². The summed E-state index contributed by atoms with van der Waals surface area (Å²) in [6, 6.07) is 0. The first kappa shape index (κ1) is 17.0. The van der Waals surface area contributed by atoms with E-state index >= 15 is 0 Å². The molecule has 0 bridgehead atoms. The summed E-state index contributed by atoms with van der Waals surface area (Å²) in [6.45, 7) is 6.93. The summed E-state index contributed by atoms with van der Waals surface area (Å²) < 4.78 is 0. The first-order valence-corrected chi connectivity index (χ1v) is 8.09. The maximum absolute atomic E-state index is 2.52. The monoisotopic (exact) mass is 239 g/mol. The average molecular weight is 239 g/mol. The summed E-state index contributed by atoms with van der Waals surface area (Å²) in [4.78, 5) is 0. The normalized spacial score (nSPS) is 11.3. The van der Waals surface area contributed by atoms with E-state index in [9.17, 15) is 0 Å². The zero-order valence-electron chi connectivity index (χ0n) is 12.6. The molecule has 0 spiro atoms. The molecule has 0 aromatic carbocycles. The van der Waals surface area contributed by atoms with Gasteiger partial charge in [-0.2, -0.15) is 0 Å². The largest absolute Gasteiger partial charge is 0.0654 e. The van der Waals surface area contributed by atoms with Gasteiger partial charge in [0.05, 0.1) is 0 Å². The van der Waals surface area contributed by atoms with E-state index < -0.39 is 0 Å². The number of unbranched alkanes of at least 4 members (excludes halogenated alkanes) is 11. The van der Waals surface area contributed by atoms with Crippen molar-refractivity contribution < 1.29 is 0 Å². The van der Waals surface area contributed by atoms with Crippen molar-refractivity contribution in [3.05, 3.63) is 6.42 Å². The van der Waals surface area contributed by atoms with Crippen LogP contribution in [-0.4, -0.2) is 0 Å². The van der Waals surface area contributed by atoms with Crippen molar-refractivity contribution in [1.82, 2.24) is 0 Å². The molecule has 103 valence electrons. The van der Waals surface area contributed by atoms with Gasteiger partial charge in [-0.1, -0.05) is 97.8 Å². The molecule has 0 heteroatoms. The number of hydrogen-bond donors (Lipinski definition) is 0. The molecule has 0 aliphatic carbocycles. The Balaban J connectivity index is 2.89. The Morgan fingerprint density at radius 3 is 1.82 bits per heavy atom. The molecule has 0 aliphatic rings. The smallest absolute Gasteiger partial charge is 0.0386 e. The first-order chi connectivity index (χ1) is 8.27. The van der Waals surface area contributed by atoms with Crippen molar-refractivity contribution in [1.29, 1.82) is 0 Å². The van der Waals surface area contributed by atoms with Crippen LogP contribution in [0.15, 0.2) is 0 Å². The van der Waals surface area contributed by atoms with Gasteiger partial charge in [-0.05, 0) is 12.3 Å². The Morgan fingerprint density at radius 2 is 1.24 bits per heavy atom. The third-order valence-corrected chi connectivity index (χ3v) is 3.45. The van der Waals surface area contributed by atoms with Crippen molar-refractivity contribution in [3.63, 3.8) is 0 Å². The zero-order valence-corrected chi connectivity index (χ0v) is 12.6. The van der Waals surface area contributed by atoms with Crippen LogP contribution in [0.3, 0.4) is 0 Å². The minimum absolute atomic E-state index is 0.887. The molecule has 0 atom stereocenters. The molecule has 0 heterocycles. The number of hydrogen-bond acceptors (Lipinski definition) is 0. The molecule has 0 rings (SSSR count). The Bertz CT molecular complexity index is 126. The molecule has 17 heavy (non-hydrogen) atoms. The Morgan fingerprint density at radius 1 is 0.706 bits per heavy atom. The van der Waals surface area contributed by atoms with Crippen LogP contribution in [0.25, 0.3) is 0 Å². The molecule has 0 amide bonds. The Labute approximate surface area is 111 Å². The van der Waals surface area contributed by atoms with Gasteiger partial charge in [-0.25, -0.2) is 0 Å². The second-order valence-corrected chi connectivity index (χ2v) is 5.88. The van der Waals surface area contributed by atoms with Gasteiger partial charge in [0.25, 0.3) is 0 Å². The molecule has 0 nitrogen and oxygen atoms in total. The summed E-state index contributed by atoms with van der Waals surface area (Å²) in [5, 5.41) is 0. The zero-order chi connectivity index (χ0) is 12.8. The molecule has 0 fully saturated rings. The third-order valence-electron chi connectivity index (χ3n) is 3.45. The summed E-state index contributed by atoms with van der Waals surface area (Å²) in [6.07, 6.45) is 19.5. The fourth-order valence-corrected chi connectivity index (χ4v) is 2.23. The molecule has 0 N–H and O–H groups in total. The maximum atomic E-state index is 2.52. The topological polar surface area (TPSA) is 0 Å². The summed E-state index contributed by atoms with van der Waals surface area (Å²) in [7, 11) is 0. The minimum Gasteiger partial charge on any atom is -0.0654 e. The SMILES string of the molecule is CCCCCCCCC[CH]CCCCC(C)C. The van der Waals surface area contributed by atoms with E-state index in [-0.39, 0.29) is 0 Å². The van der Waals surface area contributed by atoms with Crippen LogP contribution in [-0.2, 0) is 0 Å². The lowest BCUT2D eigenvalue weighted by atomic mass is 10.0. The highest BCUT2D eigenvalue weighted by molar-refractivity contribution is 4.64. The molecular weight excluding hydrogens is 204 g/mol. The highest BCUT2D eigenvalue weighted by atomic mass is 14.0. The van der Waals surface area contributed by atoms with Gasteiger partial charge in [0.2, 0.25) is 0 Å². The van der Waals surface area contributed by atoms with Crippen LogP contribution < -0.4 is 0 Å². The van der Waals surface area contributed by atoms with E-state index in [1.807, 2.05) is 0 Å². The lowest BCUT2D eigenvalue weighted by Crippen LogP contribution is -1.87. The van der Waals surface area contributed by atoms with Gasteiger partial charge < -0.3 is 0 Å². The van der Waals surface area contributed by atoms with Gasteiger partial charge >= 0.3 is 0 Å². The lowest BCUT2D eigenvalue weighted by Gasteiger charge is -2.04. The molecule has 0 saturated heterocycles. The Kier molecular flexibility index (Phi) is 14.1. The fourth-order valence-electron chi connectivity index (χ4n) is 2.23. The van der Waals surface area contributed by atoms with Crippen molar-refractivity contribution >= 4 is 0 Å². The third kappa shape index (κ3) is 16.0. The van der Waals surface area contributed by atoms with E-state index in [0.29, 0.717) is 0 Å². The highest BCUT2D eigenvalue weighted by Crippen LogP contribution is 2.13. The van der Waals surface area contributed by atoms with E-state index in [1.165, 1.54) is 77.0 Å². The second kappa shape index (κ2) is 14.1. The molecule has 0 aromatic rings. The van der Waals surface area contributed by atoms with Crippen molar-refractivity contribution in [3.8, 4) is 0 Å². The molecular formula is C17H35. The van der Waals surface area contributed by atoms with Crippen LogP contribution in [0.4, 0.5) is 0 Å². The van der Waals surface area contributed by atoms with Gasteiger partial charge in [-0.15, -0.1) is 0 Å². The maximum Gasteiger partial charge on any atom is -0.0386 e. The van der Waals surface area contributed by atoms with Crippen LogP contribution in [0, 0.1) is 12.3 Å². The molecule has 0 aliphatic heterocycles. The summed E-state index contributed by atoms with van der Waals surface area (Å²) >= 11 is 0. The average Bonchev–Trinajstić information content (AvgIpc) is 2.30. The molecule has 0 unspecified atom stereocenters. The van der Waals surface area contributed by atoms with Crippen LogP contribution >= 0.6 is 0 Å². The lowest BCUT2D eigenvalue weighted by molar-refractivity contribution is 0.531. The van der Waals surface area contributed by atoms with Gasteiger partial charge in [0, 0.05) is 0 Å². The molecule has 0 saturated carbocycles. The first-order valence-electron chi connectivity index (χ1n) is 8.09. The predicted octanol–water partition coefficient (Wildman–Crippen LogP) is 6.55. The van der Waals surface area contributed by atoms with Crippen molar-refractivity contribution in [2.75, 3.05) is 0 Å². The van der Waals surface area contributed by atoms with Crippen LogP contribution in [0.5, 0.6) is 0 Å². The van der Waals surface area contributed by atoms with E-state index in [1.54, 1.807) is 0 Å². The minimum atomic E-state index is 0.887. The Hall–Kier alpha value is 0. The van der Waals surface area contributed by atoms with E-state index in [4.69, 9.17) is 0 Å². The summed E-state index contributed by atoms with van der Waals surface area (Å²) in [5.41, 5.74) is 0. The van der Waals surface area contributed by atoms with E-state index in [0.717, 1.165) is 5.92 Å².